The summed E-state index contributed by atoms with van der Waals surface area (Å²) in [6.45, 7) is 4.00. The molecule has 0 atom stereocenters. The van der Waals surface area contributed by atoms with Gasteiger partial charge in [-0.1, -0.05) is 329 Å². The van der Waals surface area contributed by atoms with E-state index >= 15 is 0 Å². The first kappa shape index (κ1) is 58.9. The van der Waals surface area contributed by atoms with Crippen molar-refractivity contribution in [2.45, 2.75) is 13.8 Å². The van der Waals surface area contributed by atoms with Crippen LogP contribution in [0.1, 0.15) is 13.8 Å². The van der Waals surface area contributed by atoms with Crippen molar-refractivity contribution in [3.63, 3.8) is 0 Å². The van der Waals surface area contributed by atoms with Crippen LogP contribution in [0.15, 0.2) is 340 Å². The second-order valence-corrected chi connectivity index (χ2v) is 24.4. The van der Waals surface area contributed by atoms with Crippen LogP contribution in [-0.4, -0.2) is 29.9 Å². The van der Waals surface area contributed by atoms with Gasteiger partial charge in [0, 0.05) is 33.4 Å². The minimum atomic E-state index is 0.599. The normalized spacial score (nSPS) is 11.4. The minimum absolute atomic E-state index is 0.599. The number of fused-ring (bicyclic) bond motifs is 6. The van der Waals surface area contributed by atoms with Crippen LogP contribution in [0.25, 0.3) is 189 Å². The fraction of sp³-hybridized carbons (Fsp3) is 0.0217. The summed E-state index contributed by atoms with van der Waals surface area (Å²) in [5.41, 5.74) is 18.8. The molecule has 0 unspecified atom stereocenters. The van der Waals surface area contributed by atoms with Crippen molar-refractivity contribution < 1.29 is 0 Å². The molecule has 2 aromatic heterocycles. The molecule has 0 bridgehead atoms. The molecule has 0 radical (unpaired) electrons. The third-order valence-corrected chi connectivity index (χ3v) is 18.7. The zero-order valence-electron chi connectivity index (χ0n) is 54.0. The number of hydrogen-bond donors (Lipinski definition) is 0. The molecular weight excluding hydrogens is 1190 g/mol. The van der Waals surface area contributed by atoms with E-state index < -0.39 is 0 Å². The molecular formula is C92H62N6. The Morgan fingerprint density at radius 3 is 0.653 bits per heavy atom. The molecule has 460 valence electrons. The summed E-state index contributed by atoms with van der Waals surface area (Å²) in [6.07, 6.45) is 0. The molecule has 6 nitrogen and oxygen atoms in total. The van der Waals surface area contributed by atoms with Gasteiger partial charge in [-0.15, -0.1) is 0 Å². The smallest absolute Gasteiger partial charge is 0.164 e. The Bertz CT molecular complexity index is 5470. The lowest BCUT2D eigenvalue weighted by molar-refractivity contribution is 1.07. The van der Waals surface area contributed by atoms with Crippen molar-refractivity contribution in [2.75, 3.05) is 0 Å². The van der Waals surface area contributed by atoms with Gasteiger partial charge in [-0.05, 0) is 145 Å². The molecule has 0 aliphatic heterocycles. The summed E-state index contributed by atoms with van der Waals surface area (Å²) in [5.74, 6) is 3.67. The lowest BCUT2D eigenvalue weighted by Crippen LogP contribution is -2.00. The maximum Gasteiger partial charge on any atom is 0.164 e. The Balaban J connectivity index is 0.00000358. The van der Waals surface area contributed by atoms with Crippen LogP contribution in [0.2, 0.25) is 0 Å². The lowest BCUT2D eigenvalue weighted by atomic mass is 9.77. The van der Waals surface area contributed by atoms with Crippen molar-refractivity contribution in [2.24, 2.45) is 0 Å². The Kier molecular flexibility index (Phi) is 15.3. The molecule has 98 heavy (non-hydrogen) atoms. The van der Waals surface area contributed by atoms with Gasteiger partial charge in [0.25, 0.3) is 0 Å². The van der Waals surface area contributed by atoms with Crippen molar-refractivity contribution in [1.29, 1.82) is 0 Å². The zero-order valence-corrected chi connectivity index (χ0v) is 54.0. The topological polar surface area (TPSA) is 77.3 Å². The van der Waals surface area contributed by atoms with Gasteiger partial charge in [0.15, 0.2) is 34.9 Å². The first-order valence-corrected chi connectivity index (χ1v) is 33.5. The van der Waals surface area contributed by atoms with Crippen molar-refractivity contribution >= 4 is 53.9 Å². The van der Waals surface area contributed by atoms with Gasteiger partial charge in [-0.3, -0.25) is 0 Å². The summed E-state index contributed by atoms with van der Waals surface area (Å²) < 4.78 is 0. The Labute approximate surface area is 569 Å². The third-order valence-electron chi connectivity index (χ3n) is 18.7. The highest BCUT2D eigenvalue weighted by Gasteiger charge is 2.28. The molecule has 0 amide bonds. The van der Waals surface area contributed by atoms with Gasteiger partial charge < -0.3 is 0 Å². The molecule has 0 aliphatic carbocycles. The van der Waals surface area contributed by atoms with Crippen LogP contribution in [-0.2, 0) is 0 Å². The number of rotatable bonds is 12. The second kappa shape index (κ2) is 25.4. The Morgan fingerprint density at radius 2 is 0.367 bits per heavy atom. The number of benzene rings is 16. The third kappa shape index (κ3) is 10.5. The monoisotopic (exact) mass is 1250 g/mol. The molecule has 0 aliphatic rings. The van der Waals surface area contributed by atoms with Crippen molar-refractivity contribution in [1.82, 2.24) is 29.9 Å². The van der Waals surface area contributed by atoms with Gasteiger partial charge in [0.1, 0.15) is 0 Å². The van der Waals surface area contributed by atoms with Crippen LogP contribution in [0, 0.1) is 0 Å². The highest BCUT2D eigenvalue weighted by atomic mass is 15.0. The van der Waals surface area contributed by atoms with E-state index in [1.165, 1.54) is 53.9 Å². The van der Waals surface area contributed by atoms with Crippen molar-refractivity contribution in [3.8, 4) is 135 Å². The number of aromatic nitrogens is 6. The Hall–Kier alpha value is -12.9. The molecule has 0 spiro atoms. The van der Waals surface area contributed by atoms with Crippen molar-refractivity contribution in [3.05, 3.63) is 340 Å². The maximum atomic E-state index is 5.24. The first-order chi connectivity index (χ1) is 48.6. The molecule has 18 rings (SSSR count). The largest absolute Gasteiger partial charge is 0.208 e. The van der Waals surface area contributed by atoms with Crippen LogP contribution in [0.5, 0.6) is 0 Å². The maximum absolute atomic E-state index is 5.24. The van der Waals surface area contributed by atoms with E-state index in [9.17, 15) is 0 Å². The average Bonchev–Trinajstić information content (AvgIpc) is 0.681. The van der Waals surface area contributed by atoms with E-state index in [4.69, 9.17) is 29.9 Å². The Morgan fingerprint density at radius 1 is 0.153 bits per heavy atom. The highest BCUT2D eigenvalue weighted by Crippen LogP contribution is 2.56. The molecule has 0 saturated carbocycles. The SMILES string of the molecule is CC.c1ccc(-c2nc(-c3ccccc3)nc(-c3cccc(-c4cc(-c5ccccc5)c5c6cccc7c8c(-c9ccccc9)c(-c9cccc(-c%10nc(-c%11ccccc%11)nc(-c%11ccccc%11)n%10)c9)cc(-c9ccccc9)c8c8cccc(c5c4-c4ccccc4)c8c67)c3)n2)cc1. The van der Waals surface area contributed by atoms with Gasteiger partial charge in [0.2, 0.25) is 0 Å². The van der Waals surface area contributed by atoms with Crippen LogP contribution < -0.4 is 0 Å². The molecule has 6 heteroatoms. The first-order valence-electron chi connectivity index (χ1n) is 33.5. The van der Waals surface area contributed by atoms with E-state index in [1.54, 1.807) is 0 Å². The standard InChI is InChI=1S/C90H56N6.C2H6/c1-9-29-57(30-10-1)73-55-75(65-45-25-47-67(53-65)89-93-85(61-37-17-5-18-38-61)91-86(94-89)62-39-19-6-20-40-62)77(59-33-13-3-14-34-59)83-71-51-28-50-70-80(71)79-69(81(73)83)49-27-52-72(79)84-78(60-35-15-4-16-36-60)76(56-74(82(70)84)58-31-11-2-12-32-58)66-46-26-48-68(54-66)90-95-87(63-41-21-7-22-42-63)92-88(96-90)64-43-23-8-24-44-64;1-2/h1-56H;1-2H3. The molecule has 0 saturated heterocycles. The van der Waals surface area contributed by atoms with E-state index in [2.05, 4.69) is 267 Å². The fourth-order valence-electron chi connectivity index (χ4n) is 14.4. The molecule has 0 N–H and O–H groups in total. The summed E-state index contributed by atoms with van der Waals surface area (Å²) in [6, 6.07) is 121. The van der Waals surface area contributed by atoms with E-state index in [-0.39, 0.29) is 0 Å². The zero-order chi connectivity index (χ0) is 65.5. The molecule has 16 aromatic carbocycles. The summed E-state index contributed by atoms with van der Waals surface area (Å²) >= 11 is 0. The van der Waals surface area contributed by atoms with E-state index in [0.717, 1.165) is 100 Å². The predicted octanol–water partition coefficient (Wildman–Crippen LogP) is 24.3. The van der Waals surface area contributed by atoms with Gasteiger partial charge >= 0.3 is 0 Å². The number of nitrogens with zero attached hydrogens (tertiary/aromatic N) is 6. The summed E-state index contributed by atoms with van der Waals surface area (Å²) in [5, 5.41) is 11.9. The summed E-state index contributed by atoms with van der Waals surface area (Å²) in [7, 11) is 0. The fourth-order valence-corrected chi connectivity index (χ4v) is 14.4. The lowest BCUT2D eigenvalue weighted by Gasteiger charge is -2.26. The number of hydrogen-bond acceptors (Lipinski definition) is 6. The van der Waals surface area contributed by atoms with Crippen LogP contribution in [0.4, 0.5) is 0 Å². The quantitative estimate of drug-likeness (QED) is 0.0896. The molecule has 2 heterocycles. The van der Waals surface area contributed by atoms with Crippen LogP contribution >= 0.6 is 0 Å². The van der Waals surface area contributed by atoms with Gasteiger partial charge in [-0.25, -0.2) is 29.9 Å². The van der Waals surface area contributed by atoms with Gasteiger partial charge in [0.05, 0.1) is 0 Å². The minimum Gasteiger partial charge on any atom is -0.208 e. The van der Waals surface area contributed by atoms with E-state index in [0.29, 0.717) is 34.9 Å². The van der Waals surface area contributed by atoms with Gasteiger partial charge in [-0.2, -0.15) is 0 Å². The summed E-state index contributed by atoms with van der Waals surface area (Å²) in [4.78, 5) is 31.1. The predicted molar refractivity (Wildman–Crippen MR) is 409 cm³/mol. The highest BCUT2D eigenvalue weighted by molar-refractivity contribution is 6.45. The van der Waals surface area contributed by atoms with Crippen LogP contribution in [0.3, 0.4) is 0 Å². The van der Waals surface area contributed by atoms with E-state index in [1.807, 2.05) is 86.6 Å². The molecule has 18 aromatic rings. The average molecular weight is 1250 g/mol. The second-order valence-electron chi connectivity index (χ2n) is 24.4. The molecule has 0 fully saturated rings.